The molecule has 1 rings (SSSR count). The highest BCUT2D eigenvalue weighted by molar-refractivity contribution is 8.21. The van der Waals surface area contributed by atoms with Crippen molar-refractivity contribution >= 4 is 29.3 Å². The van der Waals surface area contributed by atoms with Crippen molar-refractivity contribution in [2.75, 3.05) is 19.6 Å². The van der Waals surface area contributed by atoms with Crippen molar-refractivity contribution in [3.63, 3.8) is 0 Å². The van der Waals surface area contributed by atoms with Crippen LogP contribution in [0.4, 0.5) is 0 Å². The quantitative estimate of drug-likeness (QED) is 0.476. The summed E-state index contributed by atoms with van der Waals surface area (Å²) in [5, 5.41) is 9.62. The van der Waals surface area contributed by atoms with Crippen molar-refractivity contribution in [2.45, 2.75) is 6.23 Å². The number of carbonyl (C=O) groups excluding carboxylic acids is 1. The van der Waals surface area contributed by atoms with E-state index in [0.29, 0.717) is 11.3 Å². The summed E-state index contributed by atoms with van der Waals surface area (Å²) in [5.41, 5.74) is 6.21. The van der Waals surface area contributed by atoms with Crippen LogP contribution in [0.15, 0.2) is 34.1 Å². The number of Topliss-reactive ketones (excluding diaryl/α,β-unsaturated/α-hetero) is 1. The molecule has 1 atom stereocenters. The maximum Gasteiger partial charge on any atom is 0.194 e. The molecule has 104 valence electrons. The van der Waals surface area contributed by atoms with Crippen LogP contribution in [0, 0.1) is 0 Å². The second-order valence-electron chi connectivity index (χ2n) is 3.61. The monoisotopic (exact) mass is 299 g/mol. The lowest BCUT2D eigenvalue weighted by Gasteiger charge is -2.14. The molecule has 0 saturated heterocycles. The summed E-state index contributed by atoms with van der Waals surface area (Å²) < 4.78 is 5.76. The lowest BCUT2D eigenvalue weighted by Crippen LogP contribution is -2.27. The van der Waals surface area contributed by atoms with Gasteiger partial charge in [0.2, 0.25) is 0 Å². The third-order valence-electron chi connectivity index (χ3n) is 2.48. The number of carbonyl (C=O) groups is 1. The van der Waals surface area contributed by atoms with Crippen molar-refractivity contribution in [2.24, 2.45) is 5.73 Å². The highest BCUT2D eigenvalue weighted by Gasteiger charge is 2.21. The first-order valence-electron chi connectivity index (χ1n) is 5.49. The summed E-state index contributed by atoms with van der Waals surface area (Å²) in [4.78, 5) is 12.4. The molecule has 0 radical (unpaired) electrons. The molecule has 19 heavy (non-hydrogen) atoms. The molecule has 0 heterocycles. The summed E-state index contributed by atoms with van der Waals surface area (Å²) in [6, 6.07) is 6.71. The Morgan fingerprint density at radius 2 is 1.79 bits per heavy atom. The standard InChI is InChI=1S/C13H17NO3S2/c1-17-9-6-4-8(5-7-9)11(15)10(12(14)16)13(18-2)19-3/h4-7,12,16H,14H2,1-3H3/t12-/m0/s1. The lowest BCUT2D eigenvalue weighted by atomic mass is 10.0. The molecule has 0 spiro atoms. The Balaban J connectivity index is 3.16. The lowest BCUT2D eigenvalue weighted by molar-refractivity contribution is 0.0990. The van der Waals surface area contributed by atoms with Crippen LogP contribution < -0.4 is 10.5 Å². The Morgan fingerprint density at radius 3 is 2.16 bits per heavy atom. The van der Waals surface area contributed by atoms with Gasteiger partial charge < -0.3 is 15.6 Å². The van der Waals surface area contributed by atoms with E-state index in [2.05, 4.69) is 0 Å². The van der Waals surface area contributed by atoms with E-state index in [1.54, 1.807) is 31.4 Å². The van der Waals surface area contributed by atoms with Gasteiger partial charge in [-0.05, 0) is 36.8 Å². The van der Waals surface area contributed by atoms with Gasteiger partial charge in [0.05, 0.1) is 16.9 Å². The molecule has 0 aliphatic rings. The second kappa shape index (κ2) is 7.59. The summed E-state index contributed by atoms with van der Waals surface area (Å²) >= 11 is 2.79. The minimum absolute atomic E-state index is 0.227. The fourth-order valence-electron chi connectivity index (χ4n) is 1.55. The molecule has 0 aromatic heterocycles. The predicted octanol–water partition coefficient (Wildman–Crippen LogP) is 2.09. The number of ketones is 1. The van der Waals surface area contributed by atoms with E-state index in [-0.39, 0.29) is 11.4 Å². The SMILES string of the molecule is COc1ccc(C(=O)C(=C(SC)SC)[C@@H](N)O)cc1. The van der Waals surface area contributed by atoms with Crippen LogP contribution in [-0.4, -0.2) is 36.7 Å². The Labute approximate surface area is 121 Å². The van der Waals surface area contributed by atoms with Gasteiger partial charge in [-0.3, -0.25) is 4.79 Å². The van der Waals surface area contributed by atoms with Crippen LogP contribution in [0.3, 0.4) is 0 Å². The molecule has 3 N–H and O–H groups in total. The van der Waals surface area contributed by atoms with Crippen LogP contribution in [-0.2, 0) is 0 Å². The van der Waals surface area contributed by atoms with Crippen LogP contribution in [0.25, 0.3) is 0 Å². The number of ether oxygens (including phenoxy) is 1. The highest BCUT2D eigenvalue weighted by atomic mass is 32.2. The van der Waals surface area contributed by atoms with Crippen molar-refractivity contribution in [3.05, 3.63) is 39.6 Å². The molecular weight excluding hydrogens is 282 g/mol. The fraction of sp³-hybridized carbons (Fsp3) is 0.308. The minimum Gasteiger partial charge on any atom is -0.497 e. The van der Waals surface area contributed by atoms with Gasteiger partial charge in [0, 0.05) is 5.56 Å². The smallest absolute Gasteiger partial charge is 0.194 e. The first kappa shape index (κ1) is 16.1. The average molecular weight is 299 g/mol. The number of aliphatic hydroxyl groups is 1. The molecule has 0 aliphatic carbocycles. The normalized spacial score (nSPS) is 11.8. The van der Waals surface area contributed by atoms with Gasteiger partial charge >= 0.3 is 0 Å². The molecule has 1 aromatic carbocycles. The number of hydrogen-bond donors (Lipinski definition) is 2. The summed E-state index contributed by atoms with van der Waals surface area (Å²) in [7, 11) is 1.56. The zero-order valence-corrected chi connectivity index (χ0v) is 12.7. The number of methoxy groups -OCH3 is 1. The average Bonchev–Trinajstić information content (AvgIpc) is 2.43. The second-order valence-corrected chi connectivity index (χ2v) is 5.50. The Bertz CT molecular complexity index is 463. The van der Waals surface area contributed by atoms with Gasteiger partial charge in [-0.2, -0.15) is 0 Å². The Hall–Kier alpha value is -0.950. The number of aliphatic hydroxyl groups excluding tert-OH is 1. The maximum atomic E-state index is 12.4. The van der Waals surface area contributed by atoms with Crippen molar-refractivity contribution < 1.29 is 14.6 Å². The maximum absolute atomic E-state index is 12.4. The first-order valence-corrected chi connectivity index (χ1v) is 7.94. The summed E-state index contributed by atoms with van der Waals surface area (Å²) in [5.74, 6) is 0.404. The Morgan fingerprint density at radius 1 is 1.26 bits per heavy atom. The third-order valence-corrected chi connectivity index (χ3v) is 4.66. The van der Waals surface area contributed by atoms with Crippen molar-refractivity contribution in [1.82, 2.24) is 0 Å². The predicted molar refractivity (Wildman–Crippen MR) is 81.6 cm³/mol. The van der Waals surface area contributed by atoms with E-state index < -0.39 is 6.23 Å². The largest absolute Gasteiger partial charge is 0.497 e. The molecule has 6 heteroatoms. The first-order chi connectivity index (χ1) is 9.04. The number of hydrogen-bond acceptors (Lipinski definition) is 6. The van der Waals surface area contributed by atoms with Crippen LogP contribution in [0.1, 0.15) is 10.4 Å². The number of nitrogens with two attached hydrogens (primary N) is 1. The van der Waals surface area contributed by atoms with Gasteiger partial charge in [0.15, 0.2) is 5.78 Å². The zero-order valence-electron chi connectivity index (χ0n) is 11.0. The summed E-state index contributed by atoms with van der Waals surface area (Å²) in [6.07, 6.45) is 2.40. The van der Waals surface area contributed by atoms with Crippen molar-refractivity contribution in [1.29, 1.82) is 0 Å². The molecule has 0 amide bonds. The van der Waals surface area contributed by atoms with E-state index in [4.69, 9.17) is 10.5 Å². The molecular formula is C13H17NO3S2. The van der Waals surface area contributed by atoms with E-state index >= 15 is 0 Å². The van der Waals surface area contributed by atoms with Gasteiger partial charge in [-0.1, -0.05) is 0 Å². The molecule has 4 nitrogen and oxygen atoms in total. The molecule has 0 aliphatic heterocycles. The molecule has 0 fully saturated rings. The zero-order chi connectivity index (χ0) is 14.4. The number of thioether (sulfide) groups is 2. The van der Waals surface area contributed by atoms with Crippen LogP contribution in [0.5, 0.6) is 5.75 Å². The van der Waals surface area contributed by atoms with Gasteiger partial charge in [-0.15, -0.1) is 23.5 Å². The summed E-state index contributed by atoms with van der Waals surface area (Å²) in [6.45, 7) is 0. The Kier molecular flexibility index (Phi) is 6.44. The number of benzene rings is 1. The van der Waals surface area contributed by atoms with Gasteiger partial charge in [0.25, 0.3) is 0 Å². The van der Waals surface area contributed by atoms with Gasteiger partial charge in [-0.25, -0.2) is 0 Å². The molecule has 1 aromatic rings. The highest BCUT2D eigenvalue weighted by Crippen LogP contribution is 2.30. The topological polar surface area (TPSA) is 72.5 Å². The minimum atomic E-state index is -1.29. The van der Waals surface area contributed by atoms with E-state index in [9.17, 15) is 9.90 Å². The fourth-order valence-corrected chi connectivity index (χ4v) is 3.08. The molecule has 0 saturated carbocycles. The third kappa shape index (κ3) is 4.01. The van der Waals surface area contributed by atoms with Gasteiger partial charge in [0.1, 0.15) is 12.0 Å². The number of rotatable bonds is 6. The van der Waals surface area contributed by atoms with E-state index in [1.807, 2.05) is 12.5 Å². The van der Waals surface area contributed by atoms with Crippen LogP contribution >= 0.6 is 23.5 Å². The van der Waals surface area contributed by atoms with Crippen molar-refractivity contribution in [3.8, 4) is 5.75 Å². The van der Waals surface area contributed by atoms with E-state index in [0.717, 1.165) is 4.24 Å². The van der Waals surface area contributed by atoms with Crippen LogP contribution in [0.2, 0.25) is 0 Å². The molecule has 0 unspecified atom stereocenters. The van der Waals surface area contributed by atoms with E-state index in [1.165, 1.54) is 23.5 Å². The molecule has 0 bridgehead atoms.